The van der Waals surface area contributed by atoms with Gasteiger partial charge in [-0.1, -0.05) is 11.6 Å². The second kappa shape index (κ2) is 5.12. The molecule has 1 aliphatic rings. The highest BCUT2D eigenvalue weighted by Crippen LogP contribution is 2.21. The molecule has 0 radical (unpaired) electrons. The van der Waals surface area contributed by atoms with Crippen LogP contribution in [0.4, 0.5) is 0 Å². The zero-order valence-corrected chi connectivity index (χ0v) is 12.1. The number of hydrogen-bond donors (Lipinski definition) is 1. The van der Waals surface area contributed by atoms with Gasteiger partial charge in [-0.3, -0.25) is 4.90 Å². The summed E-state index contributed by atoms with van der Waals surface area (Å²) in [6.45, 7) is 3.14. The van der Waals surface area contributed by atoms with Crippen molar-refractivity contribution in [1.82, 2.24) is 19.8 Å². The minimum absolute atomic E-state index is 0.615. The molecule has 3 rings (SSSR count). The maximum Gasteiger partial charge on any atom is 0.123 e. The Bertz CT molecular complexity index is 592. The monoisotopic (exact) mass is 278 g/mol. The zero-order chi connectivity index (χ0) is 13.4. The van der Waals surface area contributed by atoms with E-state index >= 15 is 0 Å². The van der Waals surface area contributed by atoms with Crippen LogP contribution in [0.15, 0.2) is 18.2 Å². The van der Waals surface area contributed by atoms with E-state index in [4.69, 9.17) is 16.6 Å². The van der Waals surface area contributed by atoms with E-state index in [9.17, 15) is 0 Å². The third-order valence-electron chi connectivity index (χ3n) is 3.98. The fraction of sp³-hybridized carbons (Fsp3) is 0.500. The number of hydrogen-bond acceptors (Lipinski definition) is 3. The molecule has 1 aromatic heterocycles. The summed E-state index contributed by atoms with van der Waals surface area (Å²) in [6, 6.07) is 6.50. The first-order valence-corrected chi connectivity index (χ1v) is 7.05. The minimum atomic E-state index is 0.615. The molecule has 1 N–H and O–H groups in total. The van der Waals surface area contributed by atoms with Gasteiger partial charge in [0.25, 0.3) is 0 Å². The first-order valence-electron chi connectivity index (χ1n) is 6.68. The number of likely N-dealkylation sites (N-methyl/N-ethyl adjacent to an activating group) is 1. The molecule has 2 heterocycles. The van der Waals surface area contributed by atoms with E-state index in [1.54, 1.807) is 0 Å². The van der Waals surface area contributed by atoms with Crippen molar-refractivity contribution in [2.24, 2.45) is 7.05 Å². The standard InChI is InChI=1S/C14H19ClN4/c1-16-11-5-6-19(8-11)9-14-17-12-7-10(15)3-4-13(12)18(14)2/h3-4,7,11,16H,5-6,8-9H2,1-2H3/t11-/m1/s1. The second-order valence-corrected chi connectivity index (χ2v) is 5.67. The molecule has 19 heavy (non-hydrogen) atoms. The maximum absolute atomic E-state index is 6.02. The number of benzene rings is 1. The molecule has 1 aliphatic heterocycles. The average Bonchev–Trinajstić information content (AvgIpc) is 2.96. The van der Waals surface area contributed by atoms with Gasteiger partial charge >= 0.3 is 0 Å². The Hall–Kier alpha value is -1.10. The zero-order valence-electron chi connectivity index (χ0n) is 11.4. The van der Waals surface area contributed by atoms with Gasteiger partial charge < -0.3 is 9.88 Å². The molecule has 0 spiro atoms. The van der Waals surface area contributed by atoms with Crippen LogP contribution in [-0.4, -0.2) is 40.6 Å². The lowest BCUT2D eigenvalue weighted by Gasteiger charge is -2.15. The van der Waals surface area contributed by atoms with Gasteiger partial charge in [-0.2, -0.15) is 0 Å². The summed E-state index contributed by atoms with van der Waals surface area (Å²) in [5, 5.41) is 4.09. The van der Waals surface area contributed by atoms with E-state index in [0.717, 1.165) is 41.5 Å². The summed E-state index contributed by atoms with van der Waals surface area (Å²) in [7, 11) is 4.11. The van der Waals surface area contributed by atoms with E-state index in [1.165, 1.54) is 6.42 Å². The van der Waals surface area contributed by atoms with Crippen molar-refractivity contribution in [3.8, 4) is 0 Å². The number of aromatic nitrogens is 2. The molecule has 1 atom stereocenters. The number of fused-ring (bicyclic) bond motifs is 1. The lowest BCUT2D eigenvalue weighted by Crippen LogP contribution is -2.29. The molecular formula is C14H19ClN4. The molecule has 5 heteroatoms. The van der Waals surface area contributed by atoms with Crippen LogP contribution in [0.25, 0.3) is 11.0 Å². The molecule has 4 nitrogen and oxygen atoms in total. The Morgan fingerprint density at radius 3 is 3.05 bits per heavy atom. The third-order valence-corrected chi connectivity index (χ3v) is 4.22. The lowest BCUT2D eigenvalue weighted by molar-refractivity contribution is 0.311. The van der Waals surface area contributed by atoms with Gasteiger partial charge in [0, 0.05) is 31.2 Å². The lowest BCUT2D eigenvalue weighted by atomic mass is 10.3. The summed E-state index contributed by atoms with van der Waals surface area (Å²) in [5.74, 6) is 1.11. The van der Waals surface area contributed by atoms with Gasteiger partial charge in [-0.15, -0.1) is 0 Å². The Kier molecular flexibility index (Phi) is 3.48. The number of nitrogens with one attached hydrogen (secondary N) is 1. The van der Waals surface area contributed by atoms with Crippen LogP contribution in [0.5, 0.6) is 0 Å². The van der Waals surface area contributed by atoms with Crippen molar-refractivity contribution in [3.05, 3.63) is 29.0 Å². The largest absolute Gasteiger partial charge is 0.330 e. The van der Waals surface area contributed by atoms with Crippen LogP contribution < -0.4 is 5.32 Å². The quantitative estimate of drug-likeness (QED) is 0.933. The molecule has 0 amide bonds. The third kappa shape index (κ3) is 2.48. The van der Waals surface area contributed by atoms with E-state index in [2.05, 4.69) is 21.8 Å². The summed E-state index contributed by atoms with van der Waals surface area (Å²) in [5.41, 5.74) is 2.12. The van der Waals surface area contributed by atoms with Crippen LogP contribution in [0.3, 0.4) is 0 Å². The average molecular weight is 279 g/mol. The highest BCUT2D eigenvalue weighted by Gasteiger charge is 2.22. The molecule has 0 bridgehead atoms. The Morgan fingerprint density at radius 1 is 1.47 bits per heavy atom. The smallest absolute Gasteiger partial charge is 0.123 e. The van der Waals surface area contributed by atoms with E-state index in [-0.39, 0.29) is 0 Å². The van der Waals surface area contributed by atoms with Gasteiger partial charge in [0.15, 0.2) is 0 Å². The van der Waals surface area contributed by atoms with Crippen molar-refractivity contribution in [3.63, 3.8) is 0 Å². The number of imidazole rings is 1. The number of aryl methyl sites for hydroxylation is 1. The first kappa shape index (κ1) is 12.9. The molecule has 0 unspecified atom stereocenters. The van der Waals surface area contributed by atoms with Gasteiger partial charge in [-0.05, 0) is 31.7 Å². The fourth-order valence-electron chi connectivity index (χ4n) is 2.78. The van der Waals surface area contributed by atoms with Crippen molar-refractivity contribution >= 4 is 22.6 Å². The Balaban J connectivity index is 1.83. The van der Waals surface area contributed by atoms with E-state index < -0.39 is 0 Å². The maximum atomic E-state index is 6.02. The van der Waals surface area contributed by atoms with Gasteiger partial charge in [0.1, 0.15) is 5.82 Å². The van der Waals surface area contributed by atoms with Crippen molar-refractivity contribution in [1.29, 1.82) is 0 Å². The van der Waals surface area contributed by atoms with Crippen LogP contribution in [-0.2, 0) is 13.6 Å². The van der Waals surface area contributed by atoms with Crippen LogP contribution >= 0.6 is 11.6 Å². The van der Waals surface area contributed by atoms with Crippen LogP contribution in [0, 0.1) is 0 Å². The molecule has 0 aliphatic carbocycles. The van der Waals surface area contributed by atoms with Gasteiger partial charge in [-0.25, -0.2) is 4.98 Å². The molecular weight excluding hydrogens is 260 g/mol. The highest BCUT2D eigenvalue weighted by atomic mass is 35.5. The van der Waals surface area contributed by atoms with E-state index in [0.29, 0.717) is 6.04 Å². The first-order chi connectivity index (χ1) is 9.17. The fourth-order valence-corrected chi connectivity index (χ4v) is 2.94. The van der Waals surface area contributed by atoms with Gasteiger partial charge in [0.05, 0.1) is 17.6 Å². The number of rotatable bonds is 3. The predicted octanol–water partition coefficient (Wildman–Crippen LogP) is 2.02. The topological polar surface area (TPSA) is 33.1 Å². The molecule has 1 aromatic carbocycles. The summed E-state index contributed by atoms with van der Waals surface area (Å²) >= 11 is 6.02. The molecule has 0 saturated carbocycles. The highest BCUT2D eigenvalue weighted by molar-refractivity contribution is 6.31. The summed E-state index contributed by atoms with van der Waals surface area (Å²) < 4.78 is 2.17. The summed E-state index contributed by atoms with van der Waals surface area (Å²) in [4.78, 5) is 7.15. The van der Waals surface area contributed by atoms with Crippen LogP contribution in [0.1, 0.15) is 12.2 Å². The molecule has 2 aromatic rings. The normalized spacial score (nSPS) is 20.5. The second-order valence-electron chi connectivity index (χ2n) is 5.23. The SMILES string of the molecule is CN[C@@H]1CCN(Cc2nc3cc(Cl)ccc3n2C)C1. The van der Waals surface area contributed by atoms with Gasteiger partial charge in [0.2, 0.25) is 0 Å². The molecule has 1 saturated heterocycles. The number of halogens is 1. The minimum Gasteiger partial charge on any atom is -0.330 e. The number of nitrogens with zero attached hydrogens (tertiary/aromatic N) is 3. The number of likely N-dealkylation sites (tertiary alicyclic amines) is 1. The Labute approximate surface area is 118 Å². The Morgan fingerprint density at radius 2 is 2.32 bits per heavy atom. The molecule has 1 fully saturated rings. The van der Waals surface area contributed by atoms with Crippen molar-refractivity contribution < 1.29 is 0 Å². The van der Waals surface area contributed by atoms with E-state index in [1.807, 2.05) is 25.2 Å². The summed E-state index contributed by atoms with van der Waals surface area (Å²) in [6.07, 6.45) is 1.21. The molecule has 102 valence electrons. The predicted molar refractivity (Wildman–Crippen MR) is 78.5 cm³/mol. The van der Waals surface area contributed by atoms with Crippen molar-refractivity contribution in [2.75, 3.05) is 20.1 Å². The van der Waals surface area contributed by atoms with Crippen LogP contribution in [0.2, 0.25) is 5.02 Å². The van der Waals surface area contributed by atoms with Crippen molar-refractivity contribution in [2.45, 2.75) is 19.0 Å².